The maximum absolute atomic E-state index is 13.5. The van der Waals surface area contributed by atoms with Crippen LogP contribution in [0.4, 0.5) is 14.9 Å². The fourth-order valence-electron chi connectivity index (χ4n) is 2.83. The first-order valence-electron chi connectivity index (χ1n) is 8.36. The van der Waals surface area contributed by atoms with Crippen molar-refractivity contribution in [2.75, 3.05) is 31.1 Å². The van der Waals surface area contributed by atoms with Crippen LogP contribution in [0.1, 0.15) is 20.8 Å². The van der Waals surface area contributed by atoms with Gasteiger partial charge in [0.05, 0.1) is 17.6 Å². The summed E-state index contributed by atoms with van der Waals surface area (Å²) in [5.41, 5.74) is 1.95. The molecule has 2 heterocycles. The quantitative estimate of drug-likeness (QED) is 0.907. The Bertz CT molecular complexity index is 746. The molecule has 0 aliphatic carbocycles. The van der Waals surface area contributed by atoms with Crippen molar-refractivity contribution in [1.82, 2.24) is 15.1 Å². The van der Waals surface area contributed by atoms with E-state index in [1.165, 1.54) is 12.1 Å². The van der Waals surface area contributed by atoms with Crippen molar-refractivity contribution < 1.29 is 13.9 Å². The largest absolute Gasteiger partial charge is 0.444 e. The van der Waals surface area contributed by atoms with Gasteiger partial charge in [0.1, 0.15) is 11.4 Å². The molecule has 1 amide bonds. The Morgan fingerprint density at radius 1 is 1.24 bits per heavy atom. The standard InChI is InChI=1S/C18H23FN4O2/c1-18(2,3)25-17(24)23-9-7-22(8-10-23)15-12-20-21-16(15)13-5-4-6-14(19)11-13/h4-6,11-12H,7-10H2,1-3H3,(H,20,21). The van der Waals surface area contributed by atoms with Gasteiger partial charge in [-0.2, -0.15) is 5.10 Å². The third-order valence-corrected chi connectivity index (χ3v) is 4.00. The first-order chi connectivity index (χ1) is 11.8. The lowest BCUT2D eigenvalue weighted by Gasteiger charge is -2.36. The second kappa shape index (κ2) is 6.74. The van der Waals surface area contributed by atoms with Crippen LogP contribution in [0.2, 0.25) is 0 Å². The van der Waals surface area contributed by atoms with E-state index >= 15 is 0 Å². The van der Waals surface area contributed by atoms with Gasteiger partial charge in [-0.1, -0.05) is 12.1 Å². The molecule has 0 saturated carbocycles. The van der Waals surface area contributed by atoms with E-state index in [4.69, 9.17) is 4.74 Å². The molecule has 7 heteroatoms. The third kappa shape index (κ3) is 4.10. The number of halogens is 1. The number of benzene rings is 1. The molecule has 1 aromatic heterocycles. The highest BCUT2D eigenvalue weighted by Crippen LogP contribution is 2.29. The minimum atomic E-state index is -0.497. The number of carbonyl (C=O) groups is 1. The lowest BCUT2D eigenvalue weighted by Crippen LogP contribution is -2.50. The second-order valence-electron chi connectivity index (χ2n) is 7.10. The summed E-state index contributed by atoms with van der Waals surface area (Å²) >= 11 is 0. The minimum Gasteiger partial charge on any atom is -0.444 e. The number of H-pyrrole nitrogens is 1. The van der Waals surface area contributed by atoms with Crippen LogP contribution in [0.15, 0.2) is 30.5 Å². The fourth-order valence-corrected chi connectivity index (χ4v) is 2.83. The Hall–Kier alpha value is -2.57. The Morgan fingerprint density at radius 3 is 2.60 bits per heavy atom. The molecule has 0 radical (unpaired) electrons. The number of amides is 1. The van der Waals surface area contributed by atoms with Gasteiger partial charge in [-0.3, -0.25) is 5.10 Å². The normalized spacial score (nSPS) is 15.4. The highest BCUT2D eigenvalue weighted by Gasteiger charge is 2.27. The van der Waals surface area contributed by atoms with E-state index < -0.39 is 5.60 Å². The second-order valence-corrected chi connectivity index (χ2v) is 7.10. The number of piperazine rings is 1. The maximum Gasteiger partial charge on any atom is 0.410 e. The molecular formula is C18H23FN4O2. The SMILES string of the molecule is CC(C)(C)OC(=O)N1CCN(c2cn[nH]c2-c2cccc(F)c2)CC1. The average Bonchev–Trinajstić information content (AvgIpc) is 3.03. The summed E-state index contributed by atoms with van der Waals surface area (Å²) in [5, 5.41) is 7.06. The van der Waals surface area contributed by atoms with Crippen molar-refractivity contribution in [2.24, 2.45) is 0 Å². The Morgan fingerprint density at radius 2 is 1.96 bits per heavy atom. The molecule has 25 heavy (non-hydrogen) atoms. The fraction of sp³-hybridized carbons (Fsp3) is 0.444. The van der Waals surface area contributed by atoms with Crippen LogP contribution >= 0.6 is 0 Å². The summed E-state index contributed by atoms with van der Waals surface area (Å²) < 4.78 is 18.9. The predicted octanol–water partition coefficient (Wildman–Crippen LogP) is 3.27. The van der Waals surface area contributed by atoms with E-state index in [0.29, 0.717) is 26.2 Å². The van der Waals surface area contributed by atoms with Crippen LogP contribution in [0.25, 0.3) is 11.3 Å². The molecule has 2 aromatic rings. The molecule has 1 saturated heterocycles. The molecule has 6 nitrogen and oxygen atoms in total. The lowest BCUT2D eigenvalue weighted by molar-refractivity contribution is 0.0240. The zero-order valence-electron chi connectivity index (χ0n) is 14.8. The van der Waals surface area contributed by atoms with Crippen LogP contribution in [0, 0.1) is 5.82 Å². The number of aromatic nitrogens is 2. The van der Waals surface area contributed by atoms with Gasteiger partial charge in [-0.25, -0.2) is 9.18 Å². The average molecular weight is 346 g/mol. The molecule has 1 aliphatic heterocycles. The lowest BCUT2D eigenvalue weighted by atomic mass is 10.1. The van der Waals surface area contributed by atoms with Gasteiger partial charge in [0, 0.05) is 31.7 Å². The number of carbonyl (C=O) groups excluding carboxylic acids is 1. The maximum atomic E-state index is 13.5. The van der Waals surface area contributed by atoms with Gasteiger partial charge < -0.3 is 14.5 Å². The van der Waals surface area contributed by atoms with Crippen LogP contribution in [-0.4, -0.2) is 53.0 Å². The zero-order chi connectivity index (χ0) is 18.0. The van der Waals surface area contributed by atoms with Crippen LogP contribution < -0.4 is 4.90 Å². The van der Waals surface area contributed by atoms with Crippen molar-refractivity contribution in [2.45, 2.75) is 26.4 Å². The molecule has 1 fully saturated rings. The predicted molar refractivity (Wildman–Crippen MR) is 94.0 cm³/mol. The van der Waals surface area contributed by atoms with E-state index in [1.807, 2.05) is 26.8 Å². The smallest absolute Gasteiger partial charge is 0.410 e. The van der Waals surface area contributed by atoms with Crippen molar-refractivity contribution in [3.8, 4) is 11.3 Å². The molecule has 0 unspecified atom stereocenters. The third-order valence-electron chi connectivity index (χ3n) is 4.00. The topological polar surface area (TPSA) is 61.5 Å². The number of hydrogen-bond acceptors (Lipinski definition) is 4. The first-order valence-corrected chi connectivity index (χ1v) is 8.36. The van der Waals surface area contributed by atoms with E-state index in [-0.39, 0.29) is 11.9 Å². The Kier molecular flexibility index (Phi) is 4.65. The Balaban J connectivity index is 1.68. The molecule has 134 valence electrons. The minimum absolute atomic E-state index is 0.284. The monoisotopic (exact) mass is 346 g/mol. The van der Waals surface area contributed by atoms with Crippen LogP contribution in [0.3, 0.4) is 0 Å². The zero-order valence-corrected chi connectivity index (χ0v) is 14.8. The molecule has 1 N–H and O–H groups in total. The Labute approximate surface area is 146 Å². The number of ether oxygens (including phenoxy) is 1. The highest BCUT2D eigenvalue weighted by molar-refractivity contribution is 5.75. The summed E-state index contributed by atoms with van der Waals surface area (Å²) in [4.78, 5) is 16.0. The van der Waals surface area contributed by atoms with Crippen molar-refractivity contribution in [1.29, 1.82) is 0 Å². The highest BCUT2D eigenvalue weighted by atomic mass is 19.1. The summed E-state index contributed by atoms with van der Waals surface area (Å²) in [5.74, 6) is -0.284. The number of hydrogen-bond donors (Lipinski definition) is 1. The van der Waals surface area contributed by atoms with Crippen LogP contribution in [-0.2, 0) is 4.74 Å². The molecule has 0 spiro atoms. The molecular weight excluding hydrogens is 323 g/mol. The number of rotatable bonds is 2. The van der Waals surface area contributed by atoms with E-state index in [2.05, 4.69) is 15.1 Å². The molecule has 1 aromatic carbocycles. The molecule has 3 rings (SSSR count). The van der Waals surface area contributed by atoms with Gasteiger partial charge in [-0.05, 0) is 32.9 Å². The van der Waals surface area contributed by atoms with Crippen LogP contribution in [0.5, 0.6) is 0 Å². The number of anilines is 1. The molecule has 0 bridgehead atoms. The summed E-state index contributed by atoms with van der Waals surface area (Å²) in [7, 11) is 0. The van der Waals surface area contributed by atoms with Crippen molar-refractivity contribution in [3.63, 3.8) is 0 Å². The summed E-state index contributed by atoms with van der Waals surface area (Å²) in [6.07, 6.45) is 1.45. The van der Waals surface area contributed by atoms with E-state index in [9.17, 15) is 9.18 Å². The van der Waals surface area contributed by atoms with Gasteiger partial charge in [0.15, 0.2) is 0 Å². The van der Waals surface area contributed by atoms with Gasteiger partial charge >= 0.3 is 6.09 Å². The summed E-state index contributed by atoms with van der Waals surface area (Å²) in [6, 6.07) is 6.42. The van der Waals surface area contributed by atoms with Crippen molar-refractivity contribution in [3.05, 3.63) is 36.3 Å². The summed E-state index contributed by atoms with van der Waals surface area (Å²) in [6.45, 7) is 8.06. The van der Waals surface area contributed by atoms with Gasteiger partial charge in [0.25, 0.3) is 0 Å². The van der Waals surface area contributed by atoms with E-state index in [0.717, 1.165) is 16.9 Å². The first kappa shape index (κ1) is 17.3. The van der Waals surface area contributed by atoms with Crippen molar-refractivity contribution >= 4 is 11.8 Å². The van der Waals surface area contributed by atoms with Gasteiger partial charge in [-0.15, -0.1) is 0 Å². The number of nitrogens with one attached hydrogen (secondary N) is 1. The number of aromatic amines is 1. The molecule has 0 atom stereocenters. The van der Waals surface area contributed by atoms with Gasteiger partial charge in [0.2, 0.25) is 0 Å². The molecule has 1 aliphatic rings. The number of nitrogens with zero attached hydrogens (tertiary/aromatic N) is 3. The van der Waals surface area contributed by atoms with E-state index in [1.54, 1.807) is 17.2 Å².